The lowest BCUT2D eigenvalue weighted by Gasteiger charge is -2.12. The highest BCUT2D eigenvalue weighted by Crippen LogP contribution is 2.40. The molecule has 6 heterocycles. The van der Waals surface area contributed by atoms with Crippen LogP contribution in [-0.2, 0) is 0 Å². The van der Waals surface area contributed by atoms with Gasteiger partial charge in [-0.15, -0.1) is 0 Å². The number of furan rings is 2. The molecule has 18 rings (SSSR count). The molecule has 0 spiro atoms. The van der Waals surface area contributed by atoms with E-state index >= 15 is 0 Å². The number of hydrogen-bond acceptors (Lipinski definition) is 6. The lowest BCUT2D eigenvalue weighted by Crippen LogP contribution is -1.98. The molecular formula is C82H59BrN6O2. The van der Waals surface area contributed by atoms with E-state index in [-0.39, 0.29) is 14.9 Å². The third-order valence-electron chi connectivity index (χ3n) is 16.4. The van der Waals surface area contributed by atoms with Crippen molar-refractivity contribution in [2.24, 2.45) is 0 Å². The molecule has 436 valence electrons. The van der Waals surface area contributed by atoms with E-state index in [0.717, 1.165) is 110 Å². The van der Waals surface area contributed by atoms with Gasteiger partial charge in [-0.05, 0) is 84.9 Å². The van der Waals surface area contributed by atoms with Gasteiger partial charge in [0.25, 0.3) is 0 Å². The van der Waals surface area contributed by atoms with Crippen LogP contribution in [0.4, 0.5) is 0 Å². The molecule has 6 aromatic heterocycles. The largest absolute Gasteiger partial charge is 0.455 e. The fraction of sp³-hybridized carbons (Fsp3) is 0.0244. The van der Waals surface area contributed by atoms with Crippen LogP contribution in [0.3, 0.4) is 0 Å². The average Bonchev–Trinajstić information content (AvgIpc) is 2.26. The second kappa shape index (κ2) is 24.6. The minimum absolute atomic E-state index is 0. The topological polar surface area (TPSA) is 98.6 Å². The Hall–Kier alpha value is -11.5. The standard InChI is InChI=1S/C40H25N3O.C28H17BrN2O.C12H9N.2CH4/c1-2-12-26(13-3-1)40-41-34(25-35(42-40)33-20-11-19-32-31-18-6-9-23-38(31)44-39(32)33)27-14-10-15-28(24-27)43-36-21-7-4-16-29(36)30-17-5-8-22-37(30)43;29-20-11-6-10-19(16-20)24-17-25(31-28(30-24)18-8-2-1-3-9-18)23-14-7-13-22-21-12-4-5-15-26(21)32-27(22)23;1-3-7-11-9(5-1)10-6-2-4-8-12(10)13-11;;/h1-25H;1-17H;1-8,13H;2*1H4. The van der Waals surface area contributed by atoms with Crippen molar-refractivity contribution in [1.82, 2.24) is 29.5 Å². The molecule has 0 amide bonds. The van der Waals surface area contributed by atoms with E-state index in [1.807, 2.05) is 103 Å². The Morgan fingerprint density at radius 1 is 0.297 bits per heavy atom. The first kappa shape index (κ1) is 57.2. The Kier molecular flexibility index (Phi) is 15.5. The van der Waals surface area contributed by atoms with E-state index in [4.69, 9.17) is 28.8 Å². The number of aromatic nitrogens is 6. The first-order chi connectivity index (χ1) is 44.0. The van der Waals surface area contributed by atoms with E-state index in [1.54, 1.807) is 0 Å². The zero-order chi connectivity index (χ0) is 59.2. The smallest absolute Gasteiger partial charge is 0.160 e. The van der Waals surface area contributed by atoms with Crippen LogP contribution in [0.15, 0.2) is 317 Å². The van der Waals surface area contributed by atoms with Crippen LogP contribution < -0.4 is 0 Å². The summed E-state index contributed by atoms with van der Waals surface area (Å²) in [6.45, 7) is 0. The third-order valence-corrected chi connectivity index (χ3v) is 16.9. The molecule has 0 radical (unpaired) electrons. The molecule has 8 nitrogen and oxygen atoms in total. The van der Waals surface area contributed by atoms with Crippen molar-refractivity contribution in [3.05, 3.63) is 308 Å². The lowest BCUT2D eigenvalue weighted by atomic mass is 10.0. The van der Waals surface area contributed by atoms with Crippen molar-refractivity contribution in [2.45, 2.75) is 14.9 Å². The van der Waals surface area contributed by atoms with Gasteiger partial charge in [0.1, 0.15) is 22.3 Å². The molecule has 0 unspecified atom stereocenters. The molecule has 1 N–H and O–H groups in total. The Balaban J connectivity index is 0.000000134. The summed E-state index contributed by atoms with van der Waals surface area (Å²) in [5.41, 5.74) is 18.5. The summed E-state index contributed by atoms with van der Waals surface area (Å²) in [4.78, 5) is 23.5. The number of rotatable bonds is 7. The van der Waals surface area contributed by atoms with Crippen molar-refractivity contribution in [3.8, 4) is 73.5 Å². The number of hydrogen-bond donors (Lipinski definition) is 1. The number of fused-ring (bicyclic) bond motifs is 12. The quantitative estimate of drug-likeness (QED) is 0.171. The number of para-hydroxylation sites is 8. The first-order valence-corrected chi connectivity index (χ1v) is 30.3. The molecule has 0 fully saturated rings. The zero-order valence-corrected chi connectivity index (χ0v) is 49.4. The summed E-state index contributed by atoms with van der Waals surface area (Å²) < 4.78 is 16.0. The van der Waals surface area contributed by atoms with Gasteiger partial charge in [0, 0.05) is 97.7 Å². The molecule has 18 aromatic rings. The highest BCUT2D eigenvalue weighted by Gasteiger charge is 2.20. The molecule has 0 saturated heterocycles. The van der Waals surface area contributed by atoms with Crippen LogP contribution in [0.1, 0.15) is 14.9 Å². The maximum absolute atomic E-state index is 6.42. The van der Waals surface area contributed by atoms with E-state index in [2.05, 4.69) is 226 Å². The van der Waals surface area contributed by atoms with E-state index in [1.165, 1.54) is 43.6 Å². The number of halogens is 1. The molecule has 12 aromatic carbocycles. The van der Waals surface area contributed by atoms with E-state index < -0.39 is 0 Å². The van der Waals surface area contributed by atoms with Crippen molar-refractivity contribution in [2.75, 3.05) is 0 Å². The molecule has 91 heavy (non-hydrogen) atoms. The summed E-state index contributed by atoms with van der Waals surface area (Å²) in [5.74, 6) is 1.36. The lowest BCUT2D eigenvalue weighted by molar-refractivity contribution is 0.669. The predicted octanol–water partition coefficient (Wildman–Crippen LogP) is 23.2. The van der Waals surface area contributed by atoms with Gasteiger partial charge in [0.15, 0.2) is 11.6 Å². The van der Waals surface area contributed by atoms with Gasteiger partial charge in [0.2, 0.25) is 0 Å². The van der Waals surface area contributed by atoms with Crippen LogP contribution in [0.5, 0.6) is 0 Å². The number of benzene rings is 12. The van der Waals surface area contributed by atoms with Gasteiger partial charge in [-0.1, -0.05) is 249 Å². The zero-order valence-electron chi connectivity index (χ0n) is 47.8. The van der Waals surface area contributed by atoms with Crippen LogP contribution in [-0.4, -0.2) is 29.5 Å². The second-order valence-corrected chi connectivity index (χ2v) is 22.8. The van der Waals surface area contributed by atoms with Crippen LogP contribution in [0, 0.1) is 0 Å². The minimum Gasteiger partial charge on any atom is -0.455 e. The maximum Gasteiger partial charge on any atom is 0.160 e. The monoisotopic (exact) mass is 1240 g/mol. The van der Waals surface area contributed by atoms with Gasteiger partial charge in [-0.2, -0.15) is 0 Å². The van der Waals surface area contributed by atoms with Crippen LogP contribution in [0.2, 0.25) is 0 Å². The molecule has 0 aliphatic heterocycles. The molecular weight excluding hydrogens is 1180 g/mol. The number of aromatic amines is 1. The van der Waals surface area contributed by atoms with Crippen molar-refractivity contribution in [3.63, 3.8) is 0 Å². The van der Waals surface area contributed by atoms with Crippen LogP contribution >= 0.6 is 15.9 Å². The molecule has 9 heteroatoms. The third kappa shape index (κ3) is 10.8. The number of nitrogens with zero attached hydrogens (tertiary/aromatic N) is 5. The highest BCUT2D eigenvalue weighted by atomic mass is 79.9. The Morgan fingerprint density at radius 3 is 1.16 bits per heavy atom. The SMILES string of the molecule is Brc1cccc(-c2cc(-c3cccc4c3oc3ccccc34)nc(-c3ccccc3)n2)c1.C.C.c1ccc(-c2nc(-c3cccc(-n4c5ccccc5c5ccccc54)c3)cc(-c3cccc4c3oc3ccccc34)n2)cc1.c1ccc2c(c1)[nH]c1ccccc12. The fourth-order valence-electron chi connectivity index (χ4n) is 12.2. The van der Waals surface area contributed by atoms with Crippen molar-refractivity contribution >= 4 is 103 Å². The molecule has 0 atom stereocenters. The molecule has 0 bridgehead atoms. The number of H-pyrrole nitrogens is 1. The Bertz CT molecular complexity index is 5570. The fourth-order valence-corrected chi connectivity index (χ4v) is 12.6. The van der Waals surface area contributed by atoms with Gasteiger partial charge >= 0.3 is 0 Å². The minimum atomic E-state index is 0. The van der Waals surface area contributed by atoms with Gasteiger partial charge < -0.3 is 18.4 Å². The van der Waals surface area contributed by atoms with Gasteiger partial charge in [-0.25, -0.2) is 19.9 Å². The van der Waals surface area contributed by atoms with Crippen LogP contribution in [0.25, 0.3) is 161 Å². The van der Waals surface area contributed by atoms with E-state index in [0.29, 0.717) is 11.6 Å². The summed E-state index contributed by atoms with van der Waals surface area (Å²) in [5, 5.41) is 9.45. The number of nitrogens with one attached hydrogen (secondary N) is 1. The predicted molar refractivity (Wildman–Crippen MR) is 383 cm³/mol. The molecule has 0 saturated carbocycles. The van der Waals surface area contributed by atoms with Crippen molar-refractivity contribution in [1.29, 1.82) is 0 Å². The first-order valence-electron chi connectivity index (χ1n) is 29.5. The molecule has 0 aliphatic rings. The normalized spacial score (nSPS) is 11.2. The van der Waals surface area contributed by atoms with E-state index in [9.17, 15) is 0 Å². The average molecular weight is 1240 g/mol. The highest BCUT2D eigenvalue weighted by molar-refractivity contribution is 9.10. The van der Waals surface area contributed by atoms with Gasteiger partial charge in [-0.3, -0.25) is 0 Å². The summed E-state index contributed by atoms with van der Waals surface area (Å²) in [7, 11) is 0. The summed E-state index contributed by atoms with van der Waals surface area (Å²) in [6, 6.07) is 104. The Morgan fingerprint density at radius 2 is 0.670 bits per heavy atom. The second-order valence-electron chi connectivity index (χ2n) is 21.9. The molecule has 0 aliphatic carbocycles. The maximum atomic E-state index is 6.42. The van der Waals surface area contributed by atoms with Crippen molar-refractivity contribution < 1.29 is 8.83 Å². The summed E-state index contributed by atoms with van der Waals surface area (Å²) in [6.07, 6.45) is 0. The summed E-state index contributed by atoms with van der Waals surface area (Å²) >= 11 is 3.58. The van der Waals surface area contributed by atoms with Gasteiger partial charge in [0.05, 0.1) is 33.8 Å². The Labute approximate surface area is 534 Å².